The minimum Gasteiger partial charge on any atom is -0.353 e. The van der Waals surface area contributed by atoms with E-state index >= 15 is 0 Å². The van der Waals surface area contributed by atoms with E-state index in [0.29, 0.717) is 0 Å². The Bertz CT molecular complexity index is 651. The second-order valence-corrected chi connectivity index (χ2v) is 3.97. The summed E-state index contributed by atoms with van der Waals surface area (Å²) in [6.07, 6.45) is 0. The number of hydrogen-bond donors (Lipinski definition) is 1. The molecule has 0 radical (unpaired) electrons. The molecule has 1 N–H and O–H groups in total. The van der Waals surface area contributed by atoms with E-state index in [2.05, 4.69) is 46.5 Å². The Morgan fingerprint density at radius 2 is 2.00 bits per heavy atom. The molecule has 0 unspecified atom stereocenters. The number of nitrogens with zero attached hydrogens (tertiary/aromatic N) is 2. The van der Waals surface area contributed by atoms with Crippen molar-refractivity contribution in [3.63, 3.8) is 0 Å². The van der Waals surface area contributed by atoms with Crippen LogP contribution in [0.5, 0.6) is 0 Å². The summed E-state index contributed by atoms with van der Waals surface area (Å²) in [4.78, 5) is 3.30. The average Bonchev–Trinajstić information content (AvgIpc) is 2.82. The van der Waals surface area contributed by atoms with Gasteiger partial charge in [0.05, 0.1) is 5.69 Å². The molecule has 0 bridgehead atoms. The van der Waals surface area contributed by atoms with Gasteiger partial charge in [0, 0.05) is 10.9 Å². The summed E-state index contributed by atoms with van der Waals surface area (Å²) in [6, 6.07) is 8.35. The molecule has 4 heteroatoms. The van der Waals surface area contributed by atoms with Gasteiger partial charge in [0.25, 0.3) is 0 Å². The van der Waals surface area contributed by atoms with Crippen molar-refractivity contribution < 1.29 is 4.63 Å². The van der Waals surface area contributed by atoms with E-state index in [9.17, 15) is 0 Å². The number of aromatic nitrogens is 3. The van der Waals surface area contributed by atoms with Crippen molar-refractivity contribution in [2.45, 2.75) is 13.8 Å². The Morgan fingerprint density at radius 1 is 1.12 bits per heavy atom. The first-order valence-corrected chi connectivity index (χ1v) is 5.13. The van der Waals surface area contributed by atoms with E-state index in [4.69, 9.17) is 4.63 Å². The van der Waals surface area contributed by atoms with E-state index in [0.717, 1.165) is 22.6 Å². The van der Waals surface area contributed by atoms with Crippen LogP contribution in [0, 0.1) is 13.8 Å². The third-order valence-electron chi connectivity index (χ3n) is 2.68. The number of aromatic amines is 1. The van der Waals surface area contributed by atoms with E-state index in [1.165, 1.54) is 10.9 Å². The Morgan fingerprint density at radius 3 is 2.75 bits per heavy atom. The summed E-state index contributed by atoms with van der Waals surface area (Å²) >= 11 is 0. The molecular weight excluding hydrogens is 202 g/mol. The number of rotatable bonds is 1. The minimum atomic E-state index is 0.772. The maximum Gasteiger partial charge on any atom is 0.154 e. The van der Waals surface area contributed by atoms with Crippen molar-refractivity contribution in [2.24, 2.45) is 0 Å². The highest BCUT2D eigenvalue weighted by molar-refractivity contribution is 5.85. The second-order valence-electron chi connectivity index (χ2n) is 3.97. The first-order chi connectivity index (χ1) is 7.74. The molecule has 1 aromatic carbocycles. The van der Waals surface area contributed by atoms with Crippen LogP contribution in [0.1, 0.15) is 11.3 Å². The molecule has 3 aromatic rings. The molecule has 0 aliphatic carbocycles. The van der Waals surface area contributed by atoms with Crippen LogP contribution in [0.3, 0.4) is 0 Å². The first-order valence-electron chi connectivity index (χ1n) is 5.13. The smallest absolute Gasteiger partial charge is 0.154 e. The summed E-state index contributed by atoms with van der Waals surface area (Å²) in [5, 5.41) is 8.84. The minimum absolute atomic E-state index is 0.772. The molecular formula is C12H11N3O. The van der Waals surface area contributed by atoms with Crippen LogP contribution >= 0.6 is 0 Å². The number of benzene rings is 1. The van der Waals surface area contributed by atoms with Gasteiger partial charge in [0.15, 0.2) is 5.69 Å². The molecule has 4 nitrogen and oxygen atoms in total. The lowest BCUT2D eigenvalue weighted by Gasteiger charge is -1.90. The maximum atomic E-state index is 4.70. The number of H-pyrrole nitrogens is 1. The summed E-state index contributed by atoms with van der Waals surface area (Å²) in [6.45, 7) is 3.96. The normalized spacial score (nSPS) is 11.1. The Hall–Kier alpha value is -2.10. The van der Waals surface area contributed by atoms with Gasteiger partial charge in [0.1, 0.15) is 5.69 Å². The largest absolute Gasteiger partial charge is 0.353 e. The molecule has 3 rings (SSSR count). The molecule has 0 saturated heterocycles. The third-order valence-corrected chi connectivity index (χ3v) is 2.68. The second kappa shape index (κ2) is 3.20. The zero-order valence-corrected chi connectivity index (χ0v) is 9.11. The zero-order chi connectivity index (χ0) is 11.1. The molecule has 0 aliphatic rings. The molecule has 0 aliphatic heterocycles. The highest BCUT2D eigenvalue weighted by Crippen LogP contribution is 2.24. The van der Waals surface area contributed by atoms with Crippen LogP contribution in [0.15, 0.2) is 28.9 Å². The van der Waals surface area contributed by atoms with Crippen molar-refractivity contribution in [3.05, 3.63) is 35.5 Å². The summed E-state index contributed by atoms with van der Waals surface area (Å²) in [5.41, 5.74) is 4.85. The van der Waals surface area contributed by atoms with Crippen molar-refractivity contribution >= 4 is 10.9 Å². The van der Waals surface area contributed by atoms with Crippen LogP contribution in [-0.4, -0.2) is 15.3 Å². The number of fused-ring (bicyclic) bond motifs is 1. The zero-order valence-electron chi connectivity index (χ0n) is 9.11. The van der Waals surface area contributed by atoms with Gasteiger partial charge in [-0.3, -0.25) is 0 Å². The van der Waals surface area contributed by atoms with Crippen LogP contribution in [0.25, 0.3) is 22.3 Å². The average molecular weight is 213 g/mol. The lowest BCUT2D eigenvalue weighted by atomic mass is 10.2. The summed E-state index contributed by atoms with van der Waals surface area (Å²) < 4.78 is 4.70. The third kappa shape index (κ3) is 1.31. The van der Waals surface area contributed by atoms with E-state index in [1.54, 1.807) is 0 Å². The SMILES string of the molecule is Cc1ccc2[nH]c(-c3nonc3C)cc2c1. The van der Waals surface area contributed by atoms with Crippen molar-refractivity contribution in [3.8, 4) is 11.4 Å². The van der Waals surface area contributed by atoms with Gasteiger partial charge in [-0.05, 0) is 37.2 Å². The number of hydrogen-bond acceptors (Lipinski definition) is 3. The fourth-order valence-electron chi connectivity index (χ4n) is 1.86. The molecule has 0 spiro atoms. The Balaban J connectivity index is 2.23. The molecule has 0 atom stereocenters. The van der Waals surface area contributed by atoms with Gasteiger partial charge in [-0.1, -0.05) is 16.8 Å². The van der Waals surface area contributed by atoms with E-state index in [1.807, 2.05) is 6.92 Å². The fourth-order valence-corrected chi connectivity index (χ4v) is 1.86. The van der Waals surface area contributed by atoms with Crippen LogP contribution < -0.4 is 0 Å². The van der Waals surface area contributed by atoms with Gasteiger partial charge in [-0.15, -0.1) is 0 Å². The van der Waals surface area contributed by atoms with E-state index in [-0.39, 0.29) is 0 Å². The maximum absolute atomic E-state index is 4.70. The van der Waals surface area contributed by atoms with Gasteiger partial charge in [-0.2, -0.15) is 0 Å². The van der Waals surface area contributed by atoms with Crippen molar-refractivity contribution in [1.29, 1.82) is 0 Å². The molecule has 16 heavy (non-hydrogen) atoms. The van der Waals surface area contributed by atoms with Crippen LogP contribution in [-0.2, 0) is 0 Å². The molecule has 80 valence electrons. The van der Waals surface area contributed by atoms with Crippen molar-refractivity contribution in [2.75, 3.05) is 0 Å². The predicted octanol–water partition coefficient (Wildman–Crippen LogP) is 2.83. The molecule has 0 amide bonds. The Kier molecular flexibility index (Phi) is 1.83. The molecule has 2 aromatic heterocycles. The highest BCUT2D eigenvalue weighted by Gasteiger charge is 2.10. The fraction of sp³-hybridized carbons (Fsp3) is 0.167. The predicted molar refractivity (Wildman–Crippen MR) is 61.1 cm³/mol. The molecule has 2 heterocycles. The topological polar surface area (TPSA) is 54.7 Å². The van der Waals surface area contributed by atoms with Crippen LogP contribution in [0.2, 0.25) is 0 Å². The quantitative estimate of drug-likeness (QED) is 0.676. The van der Waals surface area contributed by atoms with Crippen LogP contribution in [0.4, 0.5) is 0 Å². The lowest BCUT2D eigenvalue weighted by molar-refractivity contribution is 0.306. The summed E-state index contributed by atoms with van der Waals surface area (Å²) in [7, 11) is 0. The van der Waals surface area contributed by atoms with Gasteiger partial charge in [-0.25, -0.2) is 4.63 Å². The van der Waals surface area contributed by atoms with Gasteiger partial charge < -0.3 is 4.98 Å². The van der Waals surface area contributed by atoms with Gasteiger partial charge in [0.2, 0.25) is 0 Å². The molecule has 0 saturated carbocycles. The number of aryl methyl sites for hydroxylation is 2. The number of nitrogens with one attached hydrogen (secondary N) is 1. The summed E-state index contributed by atoms with van der Waals surface area (Å²) in [5.74, 6) is 0. The van der Waals surface area contributed by atoms with Crippen molar-refractivity contribution in [1.82, 2.24) is 15.3 Å². The Labute approximate surface area is 92.2 Å². The first kappa shape index (κ1) is 9.15. The van der Waals surface area contributed by atoms with E-state index < -0.39 is 0 Å². The monoisotopic (exact) mass is 213 g/mol. The lowest BCUT2D eigenvalue weighted by Crippen LogP contribution is -1.80. The highest BCUT2D eigenvalue weighted by atomic mass is 16.6. The molecule has 0 fully saturated rings. The van der Waals surface area contributed by atoms with Gasteiger partial charge >= 0.3 is 0 Å². The standard InChI is InChI=1S/C12H11N3O/c1-7-3-4-10-9(5-7)6-11(13-10)12-8(2)14-16-15-12/h3-6,13H,1-2H3.